The van der Waals surface area contributed by atoms with Gasteiger partial charge in [-0.05, 0) is 62.1 Å². The Kier molecular flexibility index (Phi) is 6.70. The maximum atomic E-state index is 13.0. The topological polar surface area (TPSA) is 75.7 Å². The second-order valence-corrected chi connectivity index (χ2v) is 9.15. The number of likely N-dealkylation sites (tertiary alicyclic amines) is 1. The van der Waals surface area contributed by atoms with Gasteiger partial charge in [0.1, 0.15) is 5.75 Å². The molecule has 1 unspecified atom stereocenters. The minimum absolute atomic E-state index is 0.00966. The Morgan fingerprint density at radius 2 is 2.03 bits per heavy atom. The summed E-state index contributed by atoms with van der Waals surface area (Å²) in [6.45, 7) is 2.77. The lowest BCUT2D eigenvalue weighted by Crippen LogP contribution is -2.43. The zero-order valence-corrected chi connectivity index (χ0v) is 18.1. The number of ether oxygens (including phenoxy) is 1. The highest BCUT2D eigenvalue weighted by Crippen LogP contribution is 2.30. The smallest absolute Gasteiger partial charge is 0.262 e. The van der Waals surface area contributed by atoms with E-state index in [1.165, 1.54) is 25.3 Å². The normalized spacial score (nSPS) is 17.1. The number of halogens is 1. The molecule has 29 heavy (non-hydrogen) atoms. The number of anilines is 1. The summed E-state index contributed by atoms with van der Waals surface area (Å²) in [6, 6.07) is 11.0. The van der Waals surface area contributed by atoms with Gasteiger partial charge in [-0.25, -0.2) is 8.42 Å². The Balaban J connectivity index is 1.88. The number of carbonyl (C=O) groups is 1. The average molecular weight is 437 g/mol. The minimum Gasteiger partial charge on any atom is -0.495 e. The Hall–Kier alpha value is -2.25. The molecule has 8 heteroatoms. The molecule has 1 fully saturated rings. The van der Waals surface area contributed by atoms with Gasteiger partial charge in [-0.15, -0.1) is 0 Å². The number of methoxy groups -OCH3 is 1. The maximum absolute atomic E-state index is 13.0. The molecular weight excluding hydrogens is 412 g/mol. The first-order valence-electron chi connectivity index (χ1n) is 9.63. The minimum atomic E-state index is -3.93. The summed E-state index contributed by atoms with van der Waals surface area (Å²) in [5.74, 6) is 0.221. The summed E-state index contributed by atoms with van der Waals surface area (Å²) in [4.78, 5) is 14.9. The van der Waals surface area contributed by atoms with Crippen molar-refractivity contribution in [3.8, 4) is 5.75 Å². The second-order valence-electron chi connectivity index (χ2n) is 7.03. The van der Waals surface area contributed by atoms with Crippen LogP contribution in [0, 0.1) is 0 Å². The zero-order valence-electron chi connectivity index (χ0n) is 16.5. The van der Waals surface area contributed by atoms with Gasteiger partial charge in [0.2, 0.25) is 0 Å². The maximum Gasteiger partial charge on any atom is 0.262 e. The Labute approximate surface area is 176 Å². The van der Waals surface area contributed by atoms with Crippen LogP contribution in [0.2, 0.25) is 5.02 Å². The van der Waals surface area contributed by atoms with E-state index in [1.54, 1.807) is 24.3 Å². The number of hydrogen-bond donors (Lipinski definition) is 1. The fourth-order valence-electron chi connectivity index (χ4n) is 3.62. The molecule has 0 spiro atoms. The van der Waals surface area contributed by atoms with E-state index in [2.05, 4.69) is 11.6 Å². The molecule has 2 aromatic carbocycles. The molecule has 1 aliphatic rings. The monoisotopic (exact) mass is 436 g/mol. The average Bonchev–Trinajstić information content (AvgIpc) is 2.73. The summed E-state index contributed by atoms with van der Waals surface area (Å²) < 4.78 is 33.5. The quantitative estimate of drug-likeness (QED) is 0.720. The highest BCUT2D eigenvalue weighted by Gasteiger charge is 2.27. The molecule has 1 heterocycles. The van der Waals surface area contributed by atoms with Gasteiger partial charge < -0.3 is 9.64 Å². The van der Waals surface area contributed by atoms with Crippen molar-refractivity contribution >= 4 is 33.2 Å². The van der Waals surface area contributed by atoms with Crippen LogP contribution >= 0.6 is 11.6 Å². The molecule has 156 valence electrons. The van der Waals surface area contributed by atoms with E-state index < -0.39 is 10.0 Å². The van der Waals surface area contributed by atoms with Gasteiger partial charge in [0.15, 0.2) is 0 Å². The Morgan fingerprint density at radius 1 is 1.24 bits per heavy atom. The third-order valence-electron chi connectivity index (χ3n) is 5.16. The molecule has 1 aliphatic heterocycles. The zero-order chi connectivity index (χ0) is 21.0. The first-order valence-corrected chi connectivity index (χ1v) is 11.5. The molecule has 1 amide bonds. The molecule has 1 atom stereocenters. The summed E-state index contributed by atoms with van der Waals surface area (Å²) in [5, 5.41) is 0.378. The SMILES string of the molecule is CCC1CCCCN1C(=O)c1cccc(S(=O)(=O)Nc2cc(Cl)ccc2OC)c1. The molecule has 0 radical (unpaired) electrons. The number of nitrogens with zero attached hydrogens (tertiary/aromatic N) is 1. The number of benzene rings is 2. The van der Waals surface area contributed by atoms with Gasteiger partial charge in [0.25, 0.3) is 15.9 Å². The molecule has 1 N–H and O–H groups in total. The highest BCUT2D eigenvalue weighted by molar-refractivity contribution is 7.92. The molecule has 2 aromatic rings. The lowest BCUT2D eigenvalue weighted by atomic mass is 9.99. The van der Waals surface area contributed by atoms with E-state index in [9.17, 15) is 13.2 Å². The summed E-state index contributed by atoms with van der Waals surface area (Å²) in [7, 11) is -2.48. The van der Waals surface area contributed by atoms with Crippen molar-refractivity contribution in [1.29, 1.82) is 0 Å². The predicted octanol–water partition coefficient (Wildman–Crippen LogP) is 4.55. The van der Waals surface area contributed by atoms with E-state index in [-0.39, 0.29) is 22.5 Å². The van der Waals surface area contributed by atoms with Crippen molar-refractivity contribution in [1.82, 2.24) is 4.90 Å². The first kappa shape index (κ1) is 21.5. The van der Waals surface area contributed by atoms with Crippen LogP contribution in [0.1, 0.15) is 43.0 Å². The third kappa shape index (κ3) is 4.85. The number of nitrogens with one attached hydrogen (secondary N) is 1. The second kappa shape index (κ2) is 9.05. The summed E-state index contributed by atoms with van der Waals surface area (Å²) in [6.07, 6.45) is 3.95. The van der Waals surface area contributed by atoms with Crippen LogP contribution in [0.25, 0.3) is 0 Å². The van der Waals surface area contributed by atoms with Crippen molar-refractivity contribution in [2.45, 2.75) is 43.5 Å². The number of rotatable bonds is 6. The van der Waals surface area contributed by atoms with Crippen LogP contribution in [0.5, 0.6) is 5.75 Å². The van der Waals surface area contributed by atoms with Crippen LogP contribution in [-0.2, 0) is 10.0 Å². The van der Waals surface area contributed by atoms with Crippen molar-refractivity contribution < 1.29 is 17.9 Å². The van der Waals surface area contributed by atoms with Gasteiger partial charge in [-0.2, -0.15) is 0 Å². The van der Waals surface area contributed by atoms with Gasteiger partial charge in [-0.1, -0.05) is 24.6 Å². The van der Waals surface area contributed by atoms with Crippen molar-refractivity contribution in [2.24, 2.45) is 0 Å². The fourth-order valence-corrected chi connectivity index (χ4v) is 4.90. The number of carbonyl (C=O) groups excluding carboxylic acids is 1. The fraction of sp³-hybridized carbons (Fsp3) is 0.381. The summed E-state index contributed by atoms with van der Waals surface area (Å²) >= 11 is 5.99. The van der Waals surface area contributed by atoms with E-state index in [0.29, 0.717) is 22.9 Å². The molecule has 0 aliphatic carbocycles. The predicted molar refractivity (Wildman–Crippen MR) is 114 cm³/mol. The molecule has 3 rings (SSSR count). The van der Waals surface area contributed by atoms with Gasteiger partial charge in [0, 0.05) is 23.2 Å². The standard InChI is InChI=1S/C21H25ClN2O4S/c1-3-17-8-4-5-12-24(17)21(25)15-7-6-9-18(13-15)29(26,27)23-19-14-16(22)10-11-20(19)28-2/h6-7,9-11,13-14,17,23H,3-5,8,12H2,1-2H3. The largest absolute Gasteiger partial charge is 0.495 e. The molecular formula is C21H25ClN2O4S. The lowest BCUT2D eigenvalue weighted by molar-refractivity contribution is 0.0608. The van der Waals surface area contributed by atoms with Gasteiger partial charge in [0.05, 0.1) is 17.7 Å². The lowest BCUT2D eigenvalue weighted by Gasteiger charge is -2.35. The highest BCUT2D eigenvalue weighted by atomic mass is 35.5. The summed E-state index contributed by atoms with van der Waals surface area (Å²) in [5.41, 5.74) is 0.602. The molecule has 1 saturated heterocycles. The van der Waals surface area contributed by atoms with Crippen molar-refractivity contribution in [2.75, 3.05) is 18.4 Å². The Morgan fingerprint density at radius 3 is 2.76 bits per heavy atom. The van der Waals surface area contributed by atoms with Crippen LogP contribution in [0.4, 0.5) is 5.69 Å². The van der Waals surface area contributed by atoms with Gasteiger partial charge >= 0.3 is 0 Å². The number of hydrogen-bond acceptors (Lipinski definition) is 4. The van der Waals surface area contributed by atoms with Gasteiger partial charge in [-0.3, -0.25) is 9.52 Å². The number of amides is 1. The van der Waals surface area contributed by atoms with Crippen LogP contribution < -0.4 is 9.46 Å². The van der Waals surface area contributed by atoms with Crippen molar-refractivity contribution in [3.63, 3.8) is 0 Å². The number of piperidine rings is 1. The van der Waals surface area contributed by atoms with E-state index in [4.69, 9.17) is 16.3 Å². The Bertz CT molecular complexity index is 994. The molecule has 0 bridgehead atoms. The van der Waals surface area contributed by atoms with E-state index in [1.807, 2.05) is 4.90 Å². The van der Waals surface area contributed by atoms with E-state index >= 15 is 0 Å². The van der Waals surface area contributed by atoms with Crippen LogP contribution in [0.3, 0.4) is 0 Å². The molecule has 0 aromatic heterocycles. The molecule has 0 saturated carbocycles. The number of sulfonamides is 1. The van der Waals surface area contributed by atoms with Crippen LogP contribution in [-0.4, -0.2) is 38.9 Å². The van der Waals surface area contributed by atoms with Crippen LogP contribution in [0.15, 0.2) is 47.4 Å². The van der Waals surface area contributed by atoms with Crippen molar-refractivity contribution in [3.05, 3.63) is 53.1 Å². The first-order chi connectivity index (χ1) is 13.9. The third-order valence-corrected chi connectivity index (χ3v) is 6.75. The van der Waals surface area contributed by atoms with E-state index in [0.717, 1.165) is 25.7 Å². The molecule has 6 nitrogen and oxygen atoms in total.